The van der Waals surface area contributed by atoms with E-state index in [1.54, 1.807) is 43.3 Å². The number of carbonyl (C=O) groups is 3. The maximum absolute atomic E-state index is 12.7. The summed E-state index contributed by atoms with van der Waals surface area (Å²) in [5.74, 6) is -0.150. The number of amides is 3. The van der Waals surface area contributed by atoms with Crippen molar-refractivity contribution in [2.45, 2.75) is 26.2 Å². The van der Waals surface area contributed by atoms with Gasteiger partial charge >= 0.3 is 5.91 Å². The number of rotatable bonds is 6. The number of carbonyl (C=O) groups excluding carboxylic acids is 3. The van der Waals surface area contributed by atoms with E-state index in [2.05, 4.69) is 37.3 Å². The first-order chi connectivity index (χ1) is 16.9. The van der Waals surface area contributed by atoms with Crippen LogP contribution >= 0.6 is 15.9 Å². The Hall–Kier alpha value is -3.92. The van der Waals surface area contributed by atoms with Gasteiger partial charge in [-0.1, -0.05) is 34.1 Å². The molecule has 0 saturated heterocycles. The fourth-order valence-electron chi connectivity index (χ4n) is 3.67. The first-order valence-electron chi connectivity index (χ1n) is 10.9. The van der Waals surface area contributed by atoms with Gasteiger partial charge in [0.05, 0.1) is 5.71 Å². The van der Waals surface area contributed by atoms with Crippen molar-refractivity contribution in [1.29, 1.82) is 0 Å². The molecule has 35 heavy (non-hydrogen) atoms. The highest BCUT2D eigenvalue weighted by Crippen LogP contribution is 2.29. The van der Waals surface area contributed by atoms with Gasteiger partial charge in [0.1, 0.15) is 11.5 Å². The molecule has 4 rings (SSSR count). The Morgan fingerprint density at radius 1 is 1.00 bits per heavy atom. The molecule has 180 valence electrons. The van der Waals surface area contributed by atoms with E-state index in [-0.39, 0.29) is 12.4 Å². The summed E-state index contributed by atoms with van der Waals surface area (Å²) in [5, 5.41) is 4.26. The lowest BCUT2D eigenvalue weighted by atomic mass is 9.93. The lowest BCUT2D eigenvalue weighted by molar-refractivity contribution is -0.123. The van der Waals surface area contributed by atoms with Crippen LogP contribution in [0.1, 0.15) is 50.6 Å². The Balaban J connectivity index is 1.40. The van der Waals surface area contributed by atoms with E-state index >= 15 is 0 Å². The summed E-state index contributed by atoms with van der Waals surface area (Å²) in [4.78, 5) is 37.2. The molecule has 10 heteroatoms. The van der Waals surface area contributed by atoms with Gasteiger partial charge in [0.15, 0.2) is 12.4 Å². The minimum Gasteiger partial charge on any atom is -0.484 e. The van der Waals surface area contributed by atoms with Crippen LogP contribution in [-0.2, 0) is 11.2 Å². The number of aryl methyl sites for hydroxylation is 1. The SMILES string of the molecule is Cc1c(C(=O)NNC(=O)c2ccc(Br)cc2)oc2c1/C(=N/NC(=O)COc1ccccc1)CCC2. The zero-order chi connectivity index (χ0) is 24.8. The molecule has 2 aromatic carbocycles. The molecule has 1 aliphatic carbocycles. The highest BCUT2D eigenvalue weighted by atomic mass is 79.9. The van der Waals surface area contributed by atoms with Crippen molar-refractivity contribution in [3.8, 4) is 5.75 Å². The van der Waals surface area contributed by atoms with Crippen molar-refractivity contribution in [3.63, 3.8) is 0 Å². The number of halogens is 1. The van der Waals surface area contributed by atoms with Gasteiger partial charge in [-0.2, -0.15) is 5.10 Å². The molecule has 3 amide bonds. The third-order valence-electron chi connectivity index (χ3n) is 5.36. The zero-order valence-electron chi connectivity index (χ0n) is 18.9. The van der Waals surface area contributed by atoms with Crippen LogP contribution in [0.5, 0.6) is 5.75 Å². The summed E-state index contributed by atoms with van der Waals surface area (Å²) in [7, 11) is 0. The second-order valence-electron chi connectivity index (χ2n) is 7.82. The Morgan fingerprint density at radius 2 is 1.71 bits per heavy atom. The average Bonchev–Trinajstić information content (AvgIpc) is 3.22. The number of hydrogen-bond acceptors (Lipinski definition) is 6. The van der Waals surface area contributed by atoms with Crippen LogP contribution in [-0.4, -0.2) is 30.0 Å². The maximum atomic E-state index is 12.7. The Kier molecular flexibility index (Phi) is 7.61. The topological polar surface area (TPSA) is 122 Å². The number of ether oxygens (including phenoxy) is 1. The molecular weight excluding hydrogens is 516 g/mol. The van der Waals surface area contributed by atoms with E-state index in [1.807, 2.05) is 18.2 Å². The third-order valence-corrected chi connectivity index (χ3v) is 5.89. The van der Waals surface area contributed by atoms with E-state index in [9.17, 15) is 14.4 Å². The van der Waals surface area contributed by atoms with Gasteiger partial charge in [-0.25, -0.2) is 5.43 Å². The summed E-state index contributed by atoms with van der Waals surface area (Å²) in [6.45, 7) is 1.57. The van der Waals surface area contributed by atoms with Crippen molar-refractivity contribution < 1.29 is 23.5 Å². The number of fused-ring (bicyclic) bond motifs is 1. The summed E-state index contributed by atoms with van der Waals surface area (Å²) in [6.07, 6.45) is 2.02. The van der Waals surface area contributed by atoms with Crippen LogP contribution in [0.3, 0.4) is 0 Å². The fourth-order valence-corrected chi connectivity index (χ4v) is 3.93. The molecule has 0 aliphatic heterocycles. The van der Waals surface area contributed by atoms with Gasteiger partial charge in [0.2, 0.25) is 0 Å². The minimum atomic E-state index is -0.581. The second-order valence-corrected chi connectivity index (χ2v) is 8.73. The second kappa shape index (κ2) is 11.0. The molecule has 3 aromatic rings. The normalized spacial score (nSPS) is 13.6. The Labute approximate surface area is 210 Å². The van der Waals surface area contributed by atoms with E-state index in [4.69, 9.17) is 9.15 Å². The molecular formula is C25H23BrN4O5. The minimum absolute atomic E-state index is 0.0828. The first kappa shape index (κ1) is 24.2. The summed E-state index contributed by atoms with van der Waals surface area (Å²) in [5.41, 5.74) is 9.59. The molecule has 9 nitrogen and oxygen atoms in total. The van der Waals surface area contributed by atoms with E-state index in [1.165, 1.54) is 0 Å². The molecule has 3 N–H and O–H groups in total. The molecule has 1 aromatic heterocycles. The first-order valence-corrected chi connectivity index (χ1v) is 11.7. The number of para-hydroxylation sites is 1. The predicted molar refractivity (Wildman–Crippen MR) is 132 cm³/mol. The Bertz CT molecular complexity index is 1270. The van der Waals surface area contributed by atoms with Crippen LogP contribution in [0.4, 0.5) is 0 Å². The molecule has 1 aliphatic rings. The van der Waals surface area contributed by atoms with Crippen molar-refractivity contribution >= 4 is 39.4 Å². The molecule has 0 spiro atoms. The lowest BCUT2D eigenvalue weighted by Gasteiger charge is -2.13. The maximum Gasteiger partial charge on any atom is 0.305 e. The van der Waals surface area contributed by atoms with Crippen molar-refractivity contribution in [2.24, 2.45) is 5.10 Å². The molecule has 0 unspecified atom stereocenters. The fraction of sp³-hybridized carbons (Fsp3) is 0.200. The summed E-state index contributed by atoms with van der Waals surface area (Å²) in [6, 6.07) is 15.7. The van der Waals surface area contributed by atoms with Gasteiger partial charge in [-0.3, -0.25) is 25.2 Å². The van der Waals surface area contributed by atoms with E-state index in [0.717, 1.165) is 10.9 Å². The standard InChI is InChI=1S/C25H23BrN4O5/c1-15-22-19(27-28-21(31)14-34-18-6-3-2-4-7-18)8-5-9-20(22)35-23(15)25(33)30-29-24(32)16-10-12-17(26)13-11-16/h2-4,6-7,10-13H,5,8-9,14H2,1H3,(H,28,31)(H,29,32)(H,30,33)/b27-19+. The predicted octanol–water partition coefficient (Wildman–Crippen LogP) is 3.66. The monoisotopic (exact) mass is 538 g/mol. The van der Waals surface area contributed by atoms with Gasteiger partial charge in [-0.05, 0) is 56.2 Å². The van der Waals surface area contributed by atoms with Crippen LogP contribution in [0.15, 0.2) is 68.6 Å². The number of hydrogen-bond donors (Lipinski definition) is 3. The van der Waals surface area contributed by atoms with Crippen LogP contribution in [0.25, 0.3) is 0 Å². The molecule has 0 radical (unpaired) electrons. The largest absolute Gasteiger partial charge is 0.484 e. The van der Waals surface area contributed by atoms with E-state index in [0.29, 0.717) is 46.8 Å². The number of hydrazine groups is 1. The van der Waals surface area contributed by atoms with Gasteiger partial charge in [0, 0.05) is 27.6 Å². The zero-order valence-corrected chi connectivity index (χ0v) is 20.5. The van der Waals surface area contributed by atoms with Crippen molar-refractivity contribution in [3.05, 3.63) is 87.3 Å². The number of furan rings is 1. The quantitative estimate of drug-likeness (QED) is 0.413. The number of hydrazone groups is 1. The van der Waals surface area contributed by atoms with Crippen LogP contribution < -0.4 is 21.0 Å². The van der Waals surface area contributed by atoms with Gasteiger partial charge < -0.3 is 9.15 Å². The lowest BCUT2D eigenvalue weighted by Crippen LogP contribution is -2.41. The summed E-state index contributed by atoms with van der Waals surface area (Å²) < 4.78 is 12.1. The van der Waals surface area contributed by atoms with E-state index < -0.39 is 17.7 Å². The summed E-state index contributed by atoms with van der Waals surface area (Å²) >= 11 is 3.31. The van der Waals surface area contributed by atoms with Crippen molar-refractivity contribution in [2.75, 3.05) is 6.61 Å². The number of nitrogens with zero attached hydrogens (tertiary/aromatic N) is 1. The number of benzene rings is 2. The molecule has 0 atom stereocenters. The molecule has 0 bridgehead atoms. The highest BCUT2D eigenvalue weighted by molar-refractivity contribution is 9.10. The Morgan fingerprint density at radius 3 is 2.46 bits per heavy atom. The average molecular weight is 539 g/mol. The van der Waals surface area contributed by atoms with Gasteiger partial charge in [-0.15, -0.1) is 0 Å². The van der Waals surface area contributed by atoms with Crippen LogP contribution in [0.2, 0.25) is 0 Å². The third kappa shape index (κ3) is 5.96. The van der Waals surface area contributed by atoms with Crippen molar-refractivity contribution in [1.82, 2.24) is 16.3 Å². The van der Waals surface area contributed by atoms with Gasteiger partial charge in [0.25, 0.3) is 11.8 Å². The highest BCUT2D eigenvalue weighted by Gasteiger charge is 2.28. The molecule has 0 fully saturated rings. The molecule has 1 heterocycles. The smallest absolute Gasteiger partial charge is 0.305 e. The van der Waals surface area contributed by atoms with Crippen LogP contribution in [0, 0.1) is 6.92 Å². The number of nitrogens with one attached hydrogen (secondary N) is 3. The molecule has 0 saturated carbocycles.